The van der Waals surface area contributed by atoms with Gasteiger partial charge in [0.15, 0.2) is 16.4 Å². The van der Waals surface area contributed by atoms with Gasteiger partial charge >= 0.3 is 6.18 Å². The van der Waals surface area contributed by atoms with E-state index >= 15 is 0 Å². The molecule has 2 aliphatic carbocycles. The van der Waals surface area contributed by atoms with Gasteiger partial charge < -0.3 is 15.0 Å². The third-order valence-electron chi connectivity index (χ3n) is 7.74. The van der Waals surface area contributed by atoms with E-state index in [1.165, 1.54) is 4.90 Å². The lowest BCUT2D eigenvalue weighted by atomic mass is 9.94. The third-order valence-corrected chi connectivity index (χ3v) is 10.6. The van der Waals surface area contributed by atoms with E-state index in [-0.39, 0.29) is 28.6 Å². The van der Waals surface area contributed by atoms with Gasteiger partial charge in [0, 0.05) is 17.6 Å². The number of carbonyl (C=O) groups excluding carboxylic acids is 2. The number of nitrogens with one attached hydrogen (secondary N) is 1. The van der Waals surface area contributed by atoms with Crippen LogP contribution < -0.4 is 10.1 Å². The first-order valence-corrected chi connectivity index (χ1v) is 15.0. The summed E-state index contributed by atoms with van der Waals surface area (Å²) in [6.07, 6.45) is -2.98. The number of halogens is 5. The average Bonchev–Trinajstić information content (AvgIpc) is 3.83. The van der Waals surface area contributed by atoms with Crippen LogP contribution in [0.1, 0.15) is 37.7 Å². The Morgan fingerprint density at radius 2 is 1.83 bits per heavy atom. The lowest BCUT2D eigenvalue weighted by molar-refractivity contribution is -0.153. The van der Waals surface area contributed by atoms with Crippen molar-refractivity contribution in [1.29, 1.82) is 5.26 Å². The summed E-state index contributed by atoms with van der Waals surface area (Å²) >= 11 is 12.3. The topological polar surface area (TPSA) is 117 Å². The molecule has 0 bridgehead atoms. The van der Waals surface area contributed by atoms with Crippen molar-refractivity contribution < 1.29 is 35.9 Å². The maximum absolute atomic E-state index is 14.0. The van der Waals surface area contributed by atoms with Crippen LogP contribution in [-0.4, -0.2) is 61.3 Å². The molecule has 1 heterocycles. The van der Waals surface area contributed by atoms with Crippen LogP contribution in [0.2, 0.25) is 10.0 Å². The molecule has 5 rings (SSSR count). The minimum atomic E-state index is -4.60. The average molecular weight is 630 g/mol. The molecule has 0 radical (unpaired) electrons. The van der Waals surface area contributed by atoms with Gasteiger partial charge in [0.05, 0.1) is 26.7 Å². The summed E-state index contributed by atoms with van der Waals surface area (Å²) in [5.74, 6) is -1.31. The molecule has 2 unspecified atom stereocenters. The van der Waals surface area contributed by atoms with Gasteiger partial charge in [-0.05, 0) is 61.9 Å². The van der Waals surface area contributed by atoms with E-state index < -0.39 is 56.7 Å². The number of ether oxygens (including phenoxy) is 1. The summed E-state index contributed by atoms with van der Waals surface area (Å²) in [7, 11) is -4.26. The van der Waals surface area contributed by atoms with Gasteiger partial charge in [-0.3, -0.25) is 9.59 Å². The second-order valence-electron chi connectivity index (χ2n) is 10.6. The highest BCUT2D eigenvalue weighted by molar-refractivity contribution is 7.92. The van der Waals surface area contributed by atoms with Gasteiger partial charge in [-0.1, -0.05) is 35.3 Å². The first kappa shape index (κ1) is 29.5. The molecule has 2 aromatic carbocycles. The van der Waals surface area contributed by atoms with E-state index in [9.17, 15) is 36.4 Å². The lowest BCUT2D eigenvalue weighted by Crippen LogP contribution is -2.51. The normalized spacial score (nSPS) is 22.5. The van der Waals surface area contributed by atoms with Gasteiger partial charge in [0.1, 0.15) is 17.3 Å². The van der Waals surface area contributed by atoms with Crippen molar-refractivity contribution in [3.8, 4) is 11.8 Å². The number of carbonyl (C=O) groups is 2. The molecule has 2 amide bonds. The first-order valence-electron chi connectivity index (χ1n) is 12.7. The van der Waals surface area contributed by atoms with Crippen LogP contribution in [0.25, 0.3) is 0 Å². The molecule has 2 atom stereocenters. The number of sulfone groups is 1. The van der Waals surface area contributed by atoms with Crippen LogP contribution >= 0.6 is 23.2 Å². The second kappa shape index (κ2) is 10.4. The Bertz CT molecular complexity index is 1550. The van der Waals surface area contributed by atoms with Gasteiger partial charge in [-0.2, -0.15) is 18.4 Å². The van der Waals surface area contributed by atoms with E-state index in [4.69, 9.17) is 23.2 Å². The van der Waals surface area contributed by atoms with Crippen LogP contribution in [0.5, 0.6) is 5.75 Å². The summed E-state index contributed by atoms with van der Waals surface area (Å²) in [4.78, 5) is 28.3. The zero-order valence-electron chi connectivity index (χ0n) is 21.4. The Balaban J connectivity index is 1.43. The molecular formula is C27H24Cl2F3N3O5S. The number of alkyl halides is 3. The number of hydrogen-bond acceptors (Lipinski definition) is 6. The minimum absolute atomic E-state index is 0.254. The van der Waals surface area contributed by atoms with Crippen molar-refractivity contribution in [2.75, 3.05) is 13.2 Å². The zero-order valence-corrected chi connectivity index (χ0v) is 23.7. The predicted molar refractivity (Wildman–Crippen MR) is 142 cm³/mol. The second-order valence-corrected chi connectivity index (χ2v) is 13.7. The minimum Gasteiger partial charge on any atom is -0.484 e. The van der Waals surface area contributed by atoms with Crippen LogP contribution in [0, 0.1) is 11.3 Å². The largest absolute Gasteiger partial charge is 0.484 e. The number of hydrogen-bond donors (Lipinski definition) is 1. The molecule has 14 heteroatoms. The highest BCUT2D eigenvalue weighted by Gasteiger charge is 2.58. The quantitative estimate of drug-likeness (QED) is 0.457. The van der Waals surface area contributed by atoms with Gasteiger partial charge in [-0.25, -0.2) is 8.42 Å². The van der Waals surface area contributed by atoms with Crippen LogP contribution in [0.3, 0.4) is 0 Å². The molecule has 41 heavy (non-hydrogen) atoms. The van der Waals surface area contributed by atoms with Crippen molar-refractivity contribution >= 4 is 44.9 Å². The molecule has 1 N–H and O–H groups in total. The molecule has 0 spiro atoms. The summed E-state index contributed by atoms with van der Waals surface area (Å²) in [6, 6.07) is 10.8. The number of nitriles is 1. The molecule has 1 aliphatic heterocycles. The van der Waals surface area contributed by atoms with Crippen LogP contribution in [0.15, 0.2) is 47.4 Å². The highest BCUT2D eigenvalue weighted by atomic mass is 35.5. The number of likely N-dealkylation sites (tertiary alicyclic amines) is 1. The van der Waals surface area contributed by atoms with Crippen molar-refractivity contribution in [2.24, 2.45) is 0 Å². The number of benzene rings is 2. The molecule has 2 saturated carbocycles. The molecule has 2 aromatic rings. The fourth-order valence-electron chi connectivity index (χ4n) is 5.16. The predicted octanol–water partition coefficient (Wildman–Crippen LogP) is 4.58. The van der Waals surface area contributed by atoms with Gasteiger partial charge in [0.25, 0.3) is 0 Å². The summed E-state index contributed by atoms with van der Waals surface area (Å²) in [6.45, 7) is -1.89. The first-order chi connectivity index (χ1) is 19.2. The highest BCUT2D eigenvalue weighted by Crippen LogP contribution is 2.51. The Hall–Kier alpha value is -3.01. The van der Waals surface area contributed by atoms with E-state index in [0.29, 0.717) is 36.3 Å². The SMILES string of the molecule is N#CC1(NC(=O)C2CC(S(=O)(=O)c3ccc(OCC(F)(F)F)cc3Cl)CN2C(=O)C2(c3cccc(Cl)c3)CC2)CC1. The maximum atomic E-state index is 14.0. The molecule has 8 nitrogen and oxygen atoms in total. The van der Waals surface area contributed by atoms with E-state index in [1.807, 2.05) is 0 Å². The van der Waals surface area contributed by atoms with E-state index in [2.05, 4.69) is 16.1 Å². The van der Waals surface area contributed by atoms with E-state index in [1.54, 1.807) is 24.3 Å². The third kappa shape index (κ3) is 5.85. The zero-order chi connectivity index (χ0) is 29.8. The Morgan fingerprint density at radius 3 is 2.39 bits per heavy atom. The van der Waals surface area contributed by atoms with Gasteiger partial charge in [0.2, 0.25) is 11.8 Å². The van der Waals surface area contributed by atoms with Crippen molar-refractivity contribution in [2.45, 2.75) is 65.4 Å². The fraction of sp³-hybridized carbons (Fsp3) is 0.444. The standard InChI is InChI=1S/C27H24Cl2F3N3O5S/c28-17-3-1-2-16(10-17)26(8-9-26)24(37)35-13-19(12-21(35)23(36)34-25(14-33)6-7-25)41(38,39)22-5-4-18(11-20(22)29)40-15-27(30,31)32/h1-5,10-11,19,21H,6-9,12-13,15H2,(H,34,36). The molecular weight excluding hydrogens is 606 g/mol. The Kier molecular flexibility index (Phi) is 7.45. The van der Waals surface area contributed by atoms with Crippen LogP contribution in [0.4, 0.5) is 13.2 Å². The van der Waals surface area contributed by atoms with Crippen molar-refractivity contribution in [1.82, 2.24) is 10.2 Å². The Labute approximate surface area is 244 Å². The van der Waals surface area contributed by atoms with Crippen molar-refractivity contribution in [3.63, 3.8) is 0 Å². The van der Waals surface area contributed by atoms with Crippen molar-refractivity contribution in [3.05, 3.63) is 58.1 Å². The number of rotatable bonds is 8. The lowest BCUT2D eigenvalue weighted by Gasteiger charge is -2.29. The summed E-state index contributed by atoms with van der Waals surface area (Å²) in [5.41, 5.74) is -1.33. The molecule has 3 fully saturated rings. The maximum Gasteiger partial charge on any atom is 0.422 e. The van der Waals surface area contributed by atoms with E-state index in [0.717, 1.165) is 18.2 Å². The summed E-state index contributed by atoms with van der Waals surface area (Å²) in [5, 5.41) is 11.0. The number of nitrogens with zero attached hydrogens (tertiary/aromatic N) is 2. The smallest absolute Gasteiger partial charge is 0.422 e. The Morgan fingerprint density at radius 1 is 1.12 bits per heavy atom. The fourth-order valence-corrected chi connectivity index (χ4v) is 7.59. The molecule has 0 aromatic heterocycles. The molecule has 218 valence electrons. The summed E-state index contributed by atoms with van der Waals surface area (Å²) < 4.78 is 69.6. The van der Waals surface area contributed by atoms with Crippen LogP contribution in [-0.2, 0) is 24.8 Å². The monoisotopic (exact) mass is 629 g/mol. The molecule has 1 saturated heterocycles. The van der Waals surface area contributed by atoms with Gasteiger partial charge in [-0.15, -0.1) is 0 Å². The number of amides is 2. The molecule has 3 aliphatic rings.